The van der Waals surface area contributed by atoms with Crippen LogP contribution in [-0.4, -0.2) is 36.6 Å². The van der Waals surface area contributed by atoms with E-state index in [-0.39, 0.29) is 0 Å². The zero-order chi connectivity index (χ0) is 13.2. The van der Waals surface area contributed by atoms with Gasteiger partial charge in [-0.2, -0.15) is 0 Å². The second-order valence-corrected chi connectivity index (χ2v) is 7.53. The molecule has 0 radical (unpaired) electrons. The zero-order valence-corrected chi connectivity index (χ0v) is 12.8. The summed E-state index contributed by atoms with van der Waals surface area (Å²) in [5, 5.41) is 3.77. The molecule has 1 aliphatic carbocycles. The van der Waals surface area contributed by atoms with Crippen LogP contribution >= 0.6 is 0 Å². The summed E-state index contributed by atoms with van der Waals surface area (Å²) in [6.45, 7) is 13.3. The predicted molar refractivity (Wildman–Crippen MR) is 78.9 cm³/mol. The Morgan fingerprint density at radius 3 is 2.44 bits per heavy atom. The molecule has 0 aromatic rings. The van der Waals surface area contributed by atoms with Gasteiger partial charge in [-0.3, -0.25) is 4.90 Å². The molecule has 1 saturated heterocycles. The lowest BCUT2D eigenvalue weighted by molar-refractivity contribution is 0.0300. The summed E-state index contributed by atoms with van der Waals surface area (Å²) in [6.07, 6.45) is 7.04. The van der Waals surface area contributed by atoms with Gasteiger partial charge in [0.1, 0.15) is 0 Å². The van der Waals surface area contributed by atoms with Gasteiger partial charge in [-0.05, 0) is 30.6 Å². The maximum Gasteiger partial charge on any atom is 0.0269 e. The molecule has 2 heteroatoms. The molecule has 2 aliphatic rings. The van der Waals surface area contributed by atoms with E-state index in [1.165, 1.54) is 51.7 Å². The third-order valence-electron chi connectivity index (χ3n) is 4.85. The summed E-state index contributed by atoms with van der Waals surface area (Å²) in [5.41, 5.74) is 0.397. The van der Waals surface area contributed by atoms with Crippen molar-refractivity contribution < 1.29 is 0 Å². The van der Waals surface area contributed by atoms with Crippen LogP contribution in [0.3, 0.4) is 0 Å². The highest BCUT2D eigenvalue weighted by Crippen LogP contribution is 2.32. The summed E-state index contributed by atoms with van der Waals surface area (Å²) in [7, 11) is 0. The lowest BCUT2D eigenvalue weighted by Crippen LogP contribution is -2.61. The number of piperazine rings is 1. The first kappa shape index (κ1) is 14.3. The van der Waals surface area contributed by atoms with E-state index < -0.39 is 0 Å². The normalized spacial score (nSPS) is 31.3. The number of hydrogen-bond acceptors (Lipinski definition) is 2. The fraction of sp³-hybridized carbons (Fsp3) is 1.00. The summed E-state index contributed by atoms with van der Waals surface area (Å²) in [4.78, 5) is 2.81. The van der Waals surface area contributed by atoms with Gasteiger partial charge in [-0.25, -0.2) is 0 Å². The Hall–Kier alpha value is -0.0800. The Kier molecular flexibility index (Phi) is 4.71. The topological polar surface area (TPSA) is 15.3 Å². The van der Waals surface area contributed by atoms with Gasteiger partial charge in [-0.15, -0.1) is 0 Å². The largest absolute Gasteiger partial charge is 0.311 e. The molecular formula is C16H32N2. The molecule has 1 heterocycles. The smallest absolute Gasteiger partial charge is 0.0269 e. The molecule has 2 atom stereocenters. The maximum atomic E-state index is 3.77. The fourth-order valence-corrected chi connectivity index (χ4v) is 3.49. The first-order valence-corrected chi connectivity index (χ1v) is 7.98. The highest BCUT2D eigenvalue weighted by Gasteiger charge is 2.36. The minimum atomic E-state index is 0.397. The molecule has 2 nitrogen and oxygen atoms in total. The SMILES string of the molecule is CCCC1CN(CC2CCC2)C(C(C)(C)C)CN1. The average molecular weight is 252 g/mol. The molecule has 2 fully saturated rings. The van der Waals surface area contributed by atoms with Crippen molar-refractivity contribution in [3.05, 3.63) is 0 Å². The van der Waals surface area contributed by atoms with Crippen molar-refractivity contribution in [2.24, 2.45) is 11.3 Å². The van der Waals surface area contributed by atoms with Gasteiger partial charge in [0.05, 0.1) is 0 Å². The Morgan fingerprint density at radius 1 is 1.22 bits per heavy atom. The van der Waals surface area contributed by atoms with Gasteiger partial charge in [-0.1, -0.05) is 40.5 Å². The maximum absolute atomic E-state index is 3.77. The monoisotopic (exact) mass is 252 g/mol. The molecule has 2 unspecified atom stereocenters. The van der Waals surface area contributed by atoms with Crippen LogP contribution in [0.5, 0.6) is 0 Å². The summed E-state index contributed by atoms with van der Waals surface area (Å²) < 4.78 is 0. The standard InChI is InChI=1S/C16H32N2/c1-5-7-14-12-18(11-13-8-6-9-13)15(10-17-14)16(2,3)4/h13-15,17H,5-12H2,1-4H3. The van der Waals surface area contributed by atoms with E-state index in [1.807, 2.05) is 0 Å². The van der Waals surface area contributed by atoms with Crippen molar-refractivity contribution in [2.75, 3.05) is 19.6 Å². The van der Waals surface area contributed by atoms with Crippen molar-refractivity contribution in [3.8, 4) is 0 Å². The lowest BCUT2D eigenvalue weighted by atomic mass is 9.80. The molecule has 0 spiro atoms. The first-order valence-electron chi connectivity index (χ1n) is 7.98. The first-order chi connectivity index (χ1) is 8.50. The number of rotatable bonds is 4. The number of hydrogen-bond donors (Lipinski definition) is 1. The fourth-order valence-electron chi connectivity index (χ4n) is 3.49. The van der Waals surface area contributed by atoms with Gasteiger partial charge < -0.3 is 5.32 Å². The molecule has 1 N–H and O–H groups in total. The van der Waals surface area contributed by atoms with Gasteiger partial charge in [0, 0.05) is 31.7 Å². The van der Waals surface area contributed by atoms with E-state index in [0.717, 1.165) is 12.0 Å². The third kappa shape index (κ3) is 3.48. The lowest BCUT2D eigenvalue weighted by Gasteiger charge is -2.48. The number of nitrogens with one attached hydrogen (secondary N) is 1. The van der Waals surface area contributed by atoms with Crippen LogP contribution in [0.4, 0.5) is 0 Å². The van der Waals surface area contributed by atoms with Crippen molar-refractivity contribution in [2.45, 2.75) is 71.9 Å². The van der Waals surface area contributed by atoms with Crippen LogP contribution in [0.15, 0.2) is 0 Å². The van der Waals surface area contributed by atoms with E-state index >= 15 is 0 Å². The Morgan fingerprint density at radius 2 is 1.94 bits per heavy atom. The minimum Gasteiger partial charge on any atom is -0.311 e. The summed E-state index contributed by atoms with van der Waals surface area (Å²) in [6, 6.07) is 1.44. The molecule has 18 heavy (non-hydrogen) atoms. The molecular weight excluding hydrogens is 220 g/mol. The average Bonchev–Trinajstić information content (AvgIpc) is 2.22. The van der Waals surface area contributed by atoms with Gasteiger partial charge in [0.2, 0.25) is 0 Å². The summed E-state index contributed by atoms with van der Waals surface area (Å²) >= 11 is 0. The molecule has 0 aromatic carbocycles. The Balaban J connectivity index is 1.95. The van der Waals surface area contributed by atoms with Crippen LogP contribution in [0, 0.1) is 11.3 Å². The third-order valence-corrected chi connectivity index (χ3v) is 4.85. The van der Waals surface area contributed by atoms with Crippen molar-refractivity contribution >= 4 is 0 Å². The predicted octanol–water partition coefficient (Wildman–Crippen LogP) is 3.28. The van der Waals surface area contributed by atoms with E-state index in [1.54, 1.807) is 0 Å². The van der Waals surface area contributed by atoms with Crippen LogP contribution in [0.2, 0.25) is 0 Å². The molecule has 0 amide bonds. The quantitative estimate of drug-likeness (QED) is 0.826. The molecule has 2 rings (SSSR count). The van der Waals surface area contributed by atoms with Crippen LogP contribution in [-0.2, 0) is 0 Å². The van der Waals surface area contributed by atoms with Crippen molar-refractivity contribution in [3.63, 3.8) is 0 Å². The zero-order valence-electron chi connectivity index (χ0n) is 12.8. The van der Waals surface area contributed by atoms with E-state index in [0.29, 0.717) is 11.5 Å². The second kappa shape index (κ2) is 5.92. The minimum absolute atomic E-state index is 0.397. The molecule has 0 bridgehead atoms. The highest BCUT2D eigenvalue weighted by atomic mass is 15.2. The van der Waals surface area contributed by atoms with Crippen LogP contribution < -0.4 is 5.32 Å². The second-order valence-electron chi connectivity index (χ2n) is 7.53. The molecule has 1 saturated carbocycles. The van der Waals surface area contributed by atoms with Crippen LogP contribution in [0.25, 0.3) is 0 Å². The molecule has 1 aliphatic heterocycles. The van der Waals surface area contributed by atoms with Gasteiger partial charge >= 0.3 is 0 Å². The molecule has 0 aromatic heterocycles. The van der Waals surface area contributed by atoms with Crippen LogP contribution in [0.1, 0.15) is 59.8 Å². The highest BCUT2D eigenvalue weighted by molar-refractivity contribution is 4.93. The van der Waals surface area contributed by atoms with E-state index in [2.05, 4.69) is 37.9 Å². The molecule has 106 valence electrons. The van der Waals surface area contributed by atoms with Crippen molar-refractivity contribution in [1.29, 1.82) is 0 Å². The summed E-state index contributed by atoms with van der Waals surface area (Å²) in [5.74, 6) is 0.996. The van der Waals surface area contributed by atoms with Crippen molar-refractivity contribution in [1.82, 2.24) is 10.2 Å². The Labute approximate surface area is 114 Å². The van der Waals surface area contributed by atoms with Gasteiger partial charge in [0.25, 0.3) is 0 Å². The van der Waals surface area contributed by atoms with E-state index in [9.17, 15) is 0 Å². The van der Waals surface area contributed by atoms with Gasteiger partial charge in [0.15, 0.2) is 0 Å². The number of nitrogens with zero attached hydrogens (tertiary/aromatic N) is 1. The Bertz CT molecular complexity index is 252. The van der Waals surface area contributed by atoms with E-state index in [4.69, 9.17) is 0 Å².